The molecule has 0 fully saturated rings. The Kier molecular flexibility index (Phi) is 16.3. The number of hydrogen-bond donors (Lipinski definition) is 5. The molecule has 0 saturated heterocycles. The van der Waals surface area contributed by atoms with Crippen LogP contribution in [0.2, 0.25) is 5.02 Å². The van der Waals surface area contributed by atoms with Gasteiger partial charge in [0.1, 0.15) is 28.0 Å². The van der Waals surface area contributed by atoms with Crippen molar-refractivity contribution >= 4 is 59.5 Å². The number of ether oxygens (including phenoxy) is 2. The van der Waals surface area contributed by atoms with Crippen molar-refractivity contribution in [3.05, 3.63) is 92.7 Å². The molecular formula is C29H30ClF4N6O10PS. The molecule has 1 aromatic heterocycles. The standard InChI is InChI=1S/C14H13F4N3O2S.C12H9ClN2O3.C3H8NO5P/c1-8(2)21(10-5-3-9(15)4-6-10)11(22)7-23-13-20-19-12(24-13)14(16,17)18;13-11-10(18-8-4-2-1-3-5-8)7-6-9(12(11)14)15(16)17;5-3(6)1-4-2-10(7,8)9/h3-6,8H,7H2,1-2H3;1-7H,14H2;4H,1-2H2,(H,5,6)(H2,7,8,9). The third-order valence-corrected chi connectivity index (χ3v) is 7.65. The number of carboxylic acids is 1. The quantitative estimate of drug-likeness (QED) is 0.0367. The molecule has 0 radical (unpaired) electrons. The second kappa shape index (κ2) is 19.6. The van der Waals surface area contributed by atoms with Crippen LogP contribution in [0.1, 0.15) is 18.9 Å². The van der Waals surface area contributed by atoms with Crippen molar-refractivity contribution in [3.8, 4) is 16.7 Å². The molecule has 0 atom stereocenters. The van der Waals surface area contributed by atoms with Crippen LogP contribution in [0.4, 0.5) is 34.6 Å². The molecule has 16 nitrogen and oxygen atoms in total. The molecule has 4 rings (SSSR count). The van der Waals surface area contributed by atoms with Gasteiger partial charge in [-0.3, -0.25) is 29.6 Å². The number of nitro groups is 1. The van der Waals surface area contributed by atoms with Crippen LogP contribution in [0.25, 0.3) is 0 Å². The maximum Gasteiger partial charge on any atom is 0.445 e. The van der Waals surface area contributed by atoms with Crippen molar-refractivity contribution in [1.82, 2.24) is 15.5 Å². The van der Waals surface area contributed by atoms with E-state index < -0.39 is 60.8 Å². The largest absolute Gasteiger partial charge is 0.480 e. The number of carboxylic acid groups (broad SMARTS) is 1. The number of benzene rings is 3. The van der Waals surface area contributed by atoms with Crippen LogP contribution in [0.3, 0.4) is 0 Å². The highest BCUT2D eigenvalue weighted by molar-refractivity contribution is 7.51. The first-order chi connectivity index (χ1) is 24.2. The summed E-state index contributed by atoms with van der Waals surface area (Å²) in [5.41, 5.74) is 5.70. The number of nitrogens with two attached hydrogens (primary N) is 1. The molecule has 4 aromatic rings. The van der Waals surface area contributed by atoms with Gasteiger partial charge in [0.15, 0.2) is 6.61 Å². The minimum Gasteiger partial charge on any atom is -0.480 e. The number of para-hydroxylation sites is 1. The Bertz CT molecular complexity index is 1850. The number of aromatic nitrogens is 2. The molecular weight excluding hydrogens is 767 g/mol. The zero-order chi connectivity index (χ0) is 39.2. The molecule has 6 N–H and O–H groups in total. The van der Waals surface area contributed by atoms with Gasteiger partial charge >= 0.3 is 19.7 Å². The maximum atomic E-state index is 13.0. The average Bonchev–Trinajstić information content (AvgIpc) is 3.54. The first-order valence-electron chi connectivity index (χ1n) is 14.2. The topological polar surface area (TPSA) is 241 Å². The van der Waals surface area contributed by atoms with Crippen molar-refractivity contribution in [2.45, 2.75) is 26.1 Å². The summed E-state index contributed by atoms with van der Waals surface area (Å²) in [5.74, 6) is -1.23. The van der Waals surface area contributed by atoms with Crippen LogP contribution in [0, 0.1) is 15.9 Å². The Morgan fingerprint density at radius 2 is 1.71 bits per heavy atom. The van der Waals surface area contributed by atoms with E-state index in [1.807, 2.05) is 6.07 Å². The lowest BCUT2D eigenvalue weighted by molar-refractivity contribution is -0.383. The lowest BCUT2D eigenvalue weighted by Crippen LogP contribution is -2.40. The van der Waals surface area contributed by atoms with E-state index in [1.54, 1.807) is 38.1 Å². The van der Waals surface area contributed by atoms with Gasteiger partial charge in [-0.15, -0.1) is 5.10 Å². The fourth-order valence-corrected chi connectivity index (χ4v) is 4.80. The normalized spacial score (nSPS) is 11.0. The lowest BCUT2D eigenvalue weighted by atomic mass is 10.2. The fourth-order valence-electron chi connectivity index (χ4n) is 3.63. The Morgan fingerprint density at radius 1 is 1.10 bits per heavy atom. The van der Waals surface area contributed by atoms with Gasteiger partial charge in [-0.05, 0) is 56.3 Å². The van der Waals surface area contributed by atoms with Crippen LogP contribution in [-0.4, -0.2) is 67.4 Å². The molecule has 0 unspecified atom stereocenters. The molecule has 0 spiro atoms. The fraction of sp³-hybridized carbons (Fsp3) is 0.241. The van der Waals surface area contributed by atoms with Gasteiger partial charge in [-0.1, -0.05) is 46.2 Å². The van der Waals surface area contributed by atoms with E-state index in [1.165, 1.54) is 41.3 Å². The number of nitrogen functional groups attached to an aromatic ring is 1. The minimum atomic E-state index is -4.61. The molecule has 3 aromatic carbocycles. The molecule has 23 heteroatoms. The number of alkyl halides is 3. The third-order valence-electron chi connectivity index (χ3n) is 5.74. The first-order valence-corrected chi connectivity index (χ1v) is 17.2. The highest BCUT2D eigenvalue weighted by atomic mass is 35.5. The number of aliphatic carboxylic acids is 1. The van der Waals surface area contributed by atoms with Crippen LogP contribution in [-0.2, 0) is 20.3 Å². The zero-order valence-electron chi connectivity index (χ0n) is 26.9. The molecule has 52 heavy (non-hydrogen) atoms. The summed E-state index contributed by atoms with van der Waals surface area (Å²) in [7, 11) is -4.10. The van der Waals surface area contributed by atoms with Gasteiger partial charge < -0.3 is 35.0 Å². The summed E-state index contributed by atoms with van der Waals surface area (Å²) < 4.78 is 70.8. The predicted octanol–water partition coefficient (Wildman–Crippen LogP) is 5.93. The van der Waals surface area contributed by atoms with E-state index in [0.717, 1.165) is 0 Å². The highest BCUT2D eigenvalue weighted by Crippen LogP contribution is 2.39. The van der Waals surface area contributed by atoms with Crippen LogP contribution >= 0.6 is 30.5 Å². The highest BCUT2D eigenvalue weighted by Gasteiger charge is 2.36. The average molecular weight is 797 g/mol. The molecule has 1 heterocycles. The van der Waals surface area contributed by atoms with Gasteiger partial charge in [-0.2, -0.15) is 13.2 Å². The Hall–Kier alpha value is -4.92. The number of amides is 1. The Morgan fingerprint density at radius 3 is 2.21 bits per heavy atom. The van der Waals surface area contributed by atoms with Gasteiger partial charge in [-0.25, -0.2) is 4.39 Å². The molecule has 1 amide bonds. The van der Waals surface area contributed by atoms with Crippen LogP contribution in [0.5, 0.6) is 16.7 Å². The van der Waals surface area contributed by atoms with E-state index in [0.29, 0.717) is 11.4 Å². The third kappa shape index (κ3) is 14.7. The second-order valence-corrected chi connectivity index (χ2v) is 13.1. The number of hydrogen-bond acceptors (Lipinski definition) is 12. The molecule has 0 aliphatic carbocycles. The van der Waals surface area contributed by atoms with Gasteiger partial charge in [0, 0.05) is 17.8 Å². The van der Waals surface area contributed by atoms with E-state index in [-0.39, 0.29) is 44.7 Å². The summed E-state index contributed by atoms with van der Waals surface area (Å²) in [6.07, 6.45) is -5.21. The summed E-state index contributed by atoms with van der Waals surface area (Å²) in [5, 5.41) is 25.5. The van der Waals surface area contributed by atoms with Crippen molar-refractivity contribution in [3.63, 3.8) is 0 Å². The smallest absolute Gasteiger partial charge is 0.445 e. The minimum absolute atomic E-state index is 0.0352. The zero-order valence-corrected chi connectivity index (χ0v) is 29.3. The van der Waals surface area contributed by atoms with Gasteiger partial charge in [0.05, 0.1) is 17.8 Å². The monoisotopic (exact) mass is 796 g/mol. The van der Waals surface area contributed by atoms with Gasteiger partial charge in [0.25, 0.3) is 16.8 Å². The number of nitrogens with zero attached hydrogens (tertiary/aromatic N) is 4. The molecule has 0 aliphatic rings. The van der Waals surface area contributed by atoms with E-state index >= 15 is 0 Å². The molecule has 282 valence electrons. The molecule has 0 aliphatic heterocycles. The number of rotatable bonds is 12. The van der Waals surface area contributed by atoms with E-state index in [2.05, 4.69) is 15.5 Å². The van der Waals surface area contributed by atoms with Crippen molar-refractivity contribution in [1.29, 1.82) is 0 Å². The summed E-state index contributed by atoms with van der Waals surface area (Å²) in [6, 6.07) is 16.6. The summed E-state index contributed by atoms with van der Waals surface area (Å²) >= 11 is 6.15. The van der Waals surface area contributed by atoms with E-state index in [9.17, 15) is 41.8 Å². The lowest BCUT2D eigenvalue weighted by Gasteiger charge is -2.26. The Labute approximate surface area is 301 Å². The van der Waals surface area contributed by atoms with Crippen molar-refractivity contribution in [2.24, 2.45) is 0 Å². The SMILES string of the molecule is CC(C)N(C(=O)COc1nnc(C(F)(F)F)s1)c1ccc(F)cc1.Nc1c([N+](=O)[O-])ccc(Oc2ccccc2)c1Cl.O=C(O)CNCP(=O)(O)O. The Balaban J connectivity index is 0.000000294. The number of nitro benzene ring substituents is 1. The molecule has 0 saturated carbocycles. The number of carbonyl (C=O) groups excluding carboxylic acids is 1. The van der Waals surface area contributed by atoms with Crippen molar-refractivity contribution in [2.75, 3.05) is 30.1 Å². The summed E-state index contributed by atoms with van der Waals surface area (Å²) in [6.45, 7) is 2.54. The molecule has 0 bridgehead atoms. The van der Waals surface area contributed by atoms with Crippen LogP contribution in [0.15, 0.2) is 66.7 Å². The number of anilines is 2. The van der Waals surface area contributed by atoms with Gasteiger partial charge in [0.2, 0.25) is 5.01 Å². The second-order valence-electron chi connectivity index (χ2n) is 10.1. The number of halogens is 5. The van der Waals surface area contributed by atoms with Crippen LogP contribution < -0.4 is 25.4 Å². The summed E-state index contributed by atoms with van der Waals surface area (Å²) in [4.78, 5) is 49.9. The van der Waals surface area contributed by atoms with E-state index in [4.69, 9.17) is 41.7 Å². The first kappa shape index (κ1) is 43.2. The predicted molar refractivity (Wildman–Crippen MR) is 181 cm³/mol. The number of nitrogens with one attached hydrogen (secondary N) is 1. The van der Waals surface area contributed by atoms with Crippen molar-refractivity contribution < 1.29 is 61.0 Å². The number of carbonyl (C=O) groups is 2. The maximum absolute atomic E-state index is 13.0.